The lowest BCUT2D eigenvalue weighted by Gasteiger charge is -2.07. The van der Waals surface area contributed by atoms with Crippen LogP contribution in [0, 0.1) is 11.8 Å². The minimum absolute atomic E-state index is 0.197. The monoisotopic (exact) mass is 181 g/mol. The summed E-state index contributed by atoms with van der Waals surface area (Å²) >= 11 is 0. The molecule has 3 nitrogen and oxygen atoms in total. The van der Waals surface area contributed by atoms with Crippen molar-refractivity contribution in [3.8, 4) is 0 Å². The van der Waals surface area contributed by atoms with Crippen molar-refractivity contribution in [1.82, 2.24) is 5.32 Å². The summed E-state index contributed by atoms with van der Waals surface area (Å²) in [5.41, 5.74) is 0. The van der Waals surface area contributed by atoms with Gasteiger partial charge in [-0.15, -0.1) is 0 Å². The van der Waals surface area contributed by atoms with Gasteiger partial charge in [0.1, 0.15) is 0 Å². The fraction of sp³-hybridized carbons (Fsp3) is 0.900. The molecule has 1 aliphatic heterocycles. The molecule has 2 saturated carbocycles. The average Bonchev–Trinajstić information content (AvgIpc) is 2.96. The second kappa shape index (κ2) is 2.71. The maximum atomic E-state index is 11.6. The van der Waals surface area contributed by atoms with Crippen LogP contribution in [0.3, 0.4) is 0 Å². The Kier molecular flexibility index (Phi) is 1.62. The van der Waals surface area contributed by atoms with E-state index in [1.165, 1.54) is 19.3 Å². The molecule has 1 N–H and O–H groups in total. The van der Waals surface area contributed by atoms with Gasteiger partial charge >= 0.3 is 0 Å². The zero-order chi connectivity index (χ0) is 8.84. The third-order valence-corrected chi connectivity index (χ3v) is 3.31. The fourth-order valence-electron chi connectivity index (χ4n) is 2.32. The van der Waals surface area contributed by atoms with Crippen LogP contribution in [0.15, 0.2) is 0 Å². The van der Waals surface area contributed by atoms with E-state index in [0.717, 1.165) is 13.0 Å². The average molecular weight is 181 g/mol. The summed E-state index contributed by atoms with van der Waals surface area (Å²) < 4.78 is 5.53. The van der Waals surface area contributed by atoms with E-state index in [9.17, 15) is 4.79 Å². The topological polar surface area (TPSA) is 38.3 Å². The fourth-order valence-corrected chi connectivity index (χ4v) is 2.32. The Labute approximate surface area is 77.8 Å². The van der Waals surface area contributed by atoms with Crippen LogP contribution in [0.1, 0.15) is 25.7 Å². The summed E-state index contributed by atoms with van der Waals surface area (Å²) in [6, 6.07) is 0.496. The number of rotatable bonds is 2. The zero-order valence-corrected chi connectivity index (χ0v) is 7.66. The minimum atomic E-state index is 0.197. The van der Waals surface area contributed by atoms with Crippen molar-refractivity contribution in [2.45, 2.75) is 37.8 Å². The van der Waals surface area contributed by atoms with Gasteiger partial charge in [-0.25, -0.2) is 0 Å². The third kappa shape index (κ3) is 1.35. The molecule has 0 aromatic rings. The smallest absolute Gasteiger partial charge is 0.226 e. The molecule has 72 valence electrons. The summed E-state index contributed by atoms with van der Waals surface area (Å²) in [6.45, 7) is 0.856. The Bertz CT molecular complexity index is 225. The first-order valence-electron chi connectivity index (χ1n) is 5.28. The van der Waals surface area contributed by atoms with Crippen LogP contribution >= 0.6 is 0 Å². The normalized spacial score (nSPS) is 42.3. The van der Waals surface area contributed by atoms with Crippen molar-refractivity contribution in [2.24, 2.45) is 11.8 Å². The van der Waals surface area contributed by atoms with E-state index in [1.54, 1.807) is 0 Å². The standard InChI is InChI=1S/C10H15NO2/c12-10(11-6-3-4-6)8-7-2-1-5-13-9(7)8/h6-9H,1-5H2,(H,11,12). The number of hydrogen-bond acceptors (Lipinski definition) is 2. The Morgan fingerprint density at radius 2 is 2.15 bits per heavy atom. The van der Waals surface area contributed by atoms with E-state index >= 15 is 0 Å². The summed E-state index contributed by atoms with van der Waals surface area (Å²) in [5, 5.41) is 3.05. The third-order valence-electron chi connectivity index (χ3n) is 3.31. The molecule has 1 heterocycles. The van der Waals surface area contributed by atoms with E-state index in [2.05, 4.69) is 5.32 Å². The summed E-state index contributed by atoms with van der Waals surface area (Å²) in [4.78, 5) is 11.6. The summed E-state index contributed by atoms with van der Waals surface area (Å²) in [7, 11) is 0. The van der Waals surface area contributed by atoms with Crippen LogP contribution in [-0.2, 0) is 9.53 Å². The number of ether oxygens (including phenoxy) is 1. The van der Waals surface area contributed by atoms with Crippen molar-refractivity contribution < 1.29 is 9.53 Å². The van der Waals surface area contributed by atoms with Crippen molar-refractivity contribution in [3.05, 3.63) is 0 Å². The molecule has 3 fully saturated rings. The van der Waals surface area contributed by atoms with Gasteiger partial charge in [-0.05, 0) is 25.7 Å². The zero-order valence-electron chi connectivity index (χ0n) is 7.66. The first-order chi connectivity index (χ1) is 6.36. The Morgan fingerprint density at radius 1 is 1.31 bits per heavy atom. The SMILES string of the molecule is O=C(NC1CC1)C1C2CCCOC21. The highest BCUT2D eigenvalue weighted by Gasteiger charge is 2.57. The van der Waals surface area contributed by atoms with E-state index < -0.39 is 0 Å². The molecular formula is C10H15NO2. The van der Waals surface area contributed by atoms with Gasteiger partial charge in [0.15, 0.2) is 0 Å². The number of carbonyl (C=O) groups is 1. The largest absolute Gasteiger partial charge is 0.377 e. The molecule has 1 amide bonds. The number of fused-ring (bicyclic) bond motifs is 1. The highest BCUT2D eigenvalue weighted by molar-refractivity contribution is 5.83. The van der Waals surface area contributed by atoms with Crippen LogP contribution < -0.4 is 5.32 Å². The first-order valence-corrected chi connectivity index (χ1v) is 5.28. The highest BCUT2D eigenvalue weighted by atomic mass is 16.5. The number of carbonyl (C=O) groups excluding carboxylic acids is 1. The van der Waals surface area contributed by atoms with E-state index in [0.29, 0.717) is 12.0 Å². The molecular weight excluding hydrogens is 166 g/mol. The van der Waals surface area contributed by atoms with Gasteiger partial charge in [-0.2, -0.15) is 0 Å². The number of hydrogen-bond donors (Lipinski definition) is 1. The van der Waals surface area contributed by atoms with Crippen LogP contribution in [0.5, 0.6) is 0 Å². The minimum Gasteiger partial charge on any atom is -0.377 e. The molecule has 3 rings (SSSR count). The lowest BCUT2D eigenvalue weighted by Crippen LogP contribution is -2.28. The quantitative estimate of drug-likeness (QED) is 0.680. The highest BCUT2D eigenvalue weighted by Crippen LogP contribution is 2.48. The van der Waals surface area contributed by atoms with E-state index in [4.69, 9.17) is 4.74 Å². The predicted molar refractivity (Wildman–Crippen MR) is 47.1 cm³/mol. The molecule has 3 aliphatic rings. The number of nitrogens with one attached hydrogen (secondary N) is 1. The lowest BCUT2D eigenvalue weighted by molar-refractivity contribution is -0.123. The second-order valence-corrected chi connectivity index (χ2v) is 4.45. The summed E-state index contributed by atoms with van der Waals surface area (Å²) in [6.07, 6.45) is 4.94. The van der Waals surface area contributed by atoms with Crippen LogP contribution in [0.2, 0.25) is 0 Å². The molecule has 0 aromatic carbocycles. The molecule has 0 spiro atoms. The molecule has 3 unspecified atom stereocenters. The molecule has 3 heteroatoms. The molecule has 1 saturated heterocycles. The maximum absolute atomic E-state index is 11.6. The first kappa shape index (κ1) is 7.80. The van der Waals surface area contributed by atoms with Gasteiger partial charge in [0.05, 0.1) is 12.0 Å². The molecule has 3 atom stereocenters. The molecule has 13 heavy (non-hydrogen) atoms. The van der Waals surface area contributed by atoms with E-state index in [-0.39, 0.29) is 17.9 Å². The second-order valence-electron chi connectivity index (χ2n) is 4.45. The summed E-state index contributed by atoms with van der Waals surface area (Å²) in [5.74, 6) is 0.995. The van der Waals surface area contributed by atoms with Crippen LogP contribution in [0.25, 0.3) is 0 Å². The van der Waals surface area contributed by atoms with Gasteiger partial charge < -0.3 is 10.1 Å². The lowest BCUT2D eigenvalue weighted by atomic mass is 10.2. The van der Waals surface area contributed by atoms with Gasteiger partial charge in [0, 0.05) is 18.6 Å². The van der Waals surface area contributed by atoms with Gasteiger partial charge in [0.2, 0.25) is 5.91 Å². The Hall–Kier alpha value is -0.570. The van der Waals surface area contributed by atoms with Gasteiger partial charge in [0.25, 0.3) is 0 Å². The Balaban J connectivity index is 1.57. The molecule has 0 aromatic heterocycles. The van der Waals surface area contributed by atoms with Crippen molar-refractivity contribution in [1.29, 1.82) is 0 Å². The van der Waals surface area contributed by atoms with Crippen molar-refractivity contribution in [2.75, 3.05) is 6.61 Å². The van der Waals surface area contributed by atoms with Crippen molar-refractivity contribution >= 4 is 5.91 Å². The molecule has 0 bridgehead atoms. The van der Waals surface area contributed by atoms with Gasteiger partial charge in [-0.3, -0.25) is 4.79 Å². The van der Waals surface area contributed by atoms with Crippen LogP contribution in [-0.4, -0.2) is 24.7 Å². The maximum Gasteiger partial charge on any atom is 0.226 e. The van der Waals surface area contributed by atoms with Gasteiger partial charge in [-0.1, -0.05) is 0 Å². The van der Waals surface area contributed by atoms with E-state index in [1.807, 2.05) is 0 Å². The van der Waals surface area contributed by atoms with Crippen molar-refractivity contribution in [3.63, 3.8) is 0 Å². The predicted octanol–water partition coefficient (Wildman–Crippen LogP) is 0.690. The molecule has 2 aliphatic carbocycles. The Morgan fingerprint density at radius 3 is 2.77 bits per heavy atom. The van der Waals surface area contributed by atoms with Crippen LogP contribution in [0.4, 0.5) is 0 Å². The molecule has 0 radical (unpaired) electrons. The number of amides is 1.